The Kier molecular flexibility index (Phi) is 8.75. The molecular weight excluding hydrogens is 240 g/mol. The number of hydrogen-bond acceptors (Lipinski definition) is 0. The molecule has 0 atom stereocenters. The van der Waals surface area contributed by atoms with Crippen molar-refractivity contribution in [3.8, 4) is 0 Å². The highest BCUT2D eigenvalue weighted by atomic mass is 14.2. The van der Waals surface area contributed by atoms with Crippen molar-refractivity contribution in [3.05, 3.63) is 0 Å². The highest BCUT2D eigenvalue weighted by Crippen LogP contribution is 2.29. The summed E-state index contributed by atoms with van der Waals surface area (Å²) < 4.78 is 0. The van der Waals surface area contributed by atoms with E-state index in [9.17, 15) is 0 Å². The van der Waals surface area contributed by atoms with E-state index in [-0.39, 0.29) is 0 Å². The summed E-state index contributed by atoms with van der Waals surface area (Å²) in [5, 5.41) is 0. The maximum absolute atomic E-state index is 1.54. The summed E-state index contributed by atoms with van der Waals surface area (Å²) in [7, 11) is 0. The molecule has 0 heterocycles. The molecule has 2 fully saturated rings. The zero-order chi connectivity index (χ0) is 13.9. The number of rotatable bonds is 9. The third-order valence-corrected chi connectivity index (χ3v) is 5.92. The minimum atomic E-state index is 1.11. The summed E-state index contributed by atoms with van der Waals surface area (Å²) in [5.41, 5.74) is 0. The fraction of sp³-hybridized carbons (Fsp3) is 1.00. The van der Waals surface area contributed by atoms with Gasteiger partial charge in [0.1, 0.15) is 0 Å². The summed E-state index contributed by atoms with van der Waals surface area (Å²) in [4.78, 5) is 0. The van der Waals surface area contributed by atoms with Crippen molar-refractivity contribution in [1.82, 2.24) is 0 Å². The monoisotopic (exact) mass is 278 g/mol. The summed E-state index contributed by atoms with van der Waals surface area (Å²) in [6.45, 7) is 0. The highest BCUT2D eigenvalue weighted by molar-refractivity contribution is 4.67. The average Bonchev–Trinajstić information content (AvgIpc) is 2.52. The van der Waals surface area contributed by atoms with Gasteiger partial charge in [-0.25, -0.2) is 0 Å². The topological polar surface area (TPSA) is 0 Å². The smallest absolute Gasteiger partial charge is 0.0414 e. The van der Waals surface area contributed by atoms with E-state index in [0.29, 0.717) is 0 Å². The average molecular weight is 279 g/mol. The van der Waals surface area contributed by atoms with Crippen LogP contribution in [0.1, 0.15) is 116 Å². The molecule has 0 heteroatoms. The molecule has 0 amide bonds. The van der Waals surface area contributed by atoms with Crippen LogP contribution in [0.2, 0.25) is 0 Å². The van der Waals surface area contributed by atoms with Crippen molar-refractivity contribution in [2.75, 3.05) is 0 Å². The molecule has 0 unspecified atom stereocenters. The molecule has 0 aliphatic heterocycles. The van der Waals surface area contributed by atoms with Crippen molar-refractivity contribution in [3.63, 3.8) is 0 Å². The van der Waals surface area contributed by atoms with Crippen LogP contribution in [0.5, 0.6) is 0 Å². The standard InChI is InChI=1S/C20H38/c1(3-7-13-19-15-9-5-10-16-19)2-4-8-14-20-17-11-6-12-18-20/h19-20H,1-18H2. The first-order valence-electron chi connectivity index (χ1n) is 9.95. The minimum absolute atomic E-state index is 1.11. The van der Waals surface area contributed by atoms with E-state index in [2.05, 4.69) is 0 Å². The Bertz CT molecular complexity index is 184. The fourth-order valence-electron chi connectivity index (χ4n) is 4.52. The Morgan fingerprint density at radius 1 is 0.400 bits per heavy atom. The second-order valence-corrected chi connectivity index (χ2v) is 7.71. The highest BCUT2D eigenvalue weighted by Gasteiger charge is 2.13. The lowest BCUT2D eigenvalue weighted by Crippen LogP contribution is -2.06. The molecular formula is C20H38. The first kappa shape index (κ1) is 16.4. The van der Waals surface area contributed by atoms with Gasteiger partial charge in [-0.3, -0.25) is 0 Å². The molecule has 0 N–H and O–H groups in total. The van der Waals surface area contributed by atoms with Gasteiger partial charge in [0.25, 0.3) is 0 Å². The lowest BCUT2D eigenvalue weighted by molar-refractivity contribution is 0.322. The van der Waals surface area contributed by atoms with E-state index in [4.69, 9.17) is 0 Å². The normalized spacial score (nSPS) is 22.2. The minimum Gasteiger partial charge on any atom is -0.0533 e. The van der Waals surface area contributed by atoms with Gasteiger partial charge in [-0.05, 0) is 11.8 Å². The Balaban J connectivity index is 1.33. The zero-order valence-corrected chi connectivity index (χ0v) is 13.9. The summed E-state index contributed by atoms with van der Waals surface area (Å²) in [6, 6.07) is 0. The maximum Gasteiger partial charge on any atom is -0.0414 e. The van der Waals surface area contributed by atoms with E-state index in [1.54, 1.807) is 38.5 Å². The predicted molar refractivity (Wildman–Crippen MR) is 90.1 cm³/mol. The Morgan fingerprint density at radius 2 is 0.750 bits per heavy atom. The van der Waals surface area contributed by atoms with Crippen molar-refractivity contribution in [1.29, 1.82) is 0 Å². The molecule has 20 heavy (non-hydrogen) atoms. The zero-order valence-electron chi connectivity index (χ0n) is 13.9. The van der Waals surface area contributed by atoms with Crippen LogP contribution in [0, 0.1) is 11.8 Å². The van der Waals surface area contributed by atoms with Gasteiger partial charge in [0.2, 0.25) is 0 Å². The summed E-state index contributed by atoms with van der Waals surface area (Å²) in [6.07, 6.45) is 27.5. The summed E-state index contributed by atoms with van der Waals surface area (Å²) >= 11 is 0. The van der Waals surface area contributed by atoms with Crippen molar-refractivity contribution < 1.29 is 0 Å². The molecule has 2 rings (SSSR count). The van der Waals surface area contributed by atoms with E-state index in [1.807, 2.05) is 0 Å². The quantitative estimate of drug-likeness (QED) is 0.389. The molecule has 0 aromatic rings. The molecule has 0 nitrogen and oxygen atoms in total. The van der Waals surface area contributed by atoms with E-state index < -0.39 is 0 Å². The van der Waals surface area contributed by atoms with Gasteiger partial charge in [0.15, 0.2) is 0 Å². The van der Waals surface area contributed by atoms with Gasteiger partial charge < -0.3 is 0 Å². The molecule has 2 aliphatic carbocycles. The Hall–Kier alpha value is 0. The first-order chi connectivity index (χ1) is 9.95. The third-order valence-electron chi connectivity index (χ3n) is 5.92. The predicted octanol–water partition coefficient (Wildman–Crippen LogP) is 7.27. The molecule has 0 spiro atoms. The van der Waals surface area contributed by atoms with E-state index >= 15 is 0 Å². The van der Waals surface area contributed by atoms with Crippen LogP contribution in [-0.4, -0.2) is 0 Å². The molecule has 0 bridgehead atoms. The number of hydrogen-bond donors (Lipinski definition) is 0. The van der Waals surface area contributed by atoms with Gasteiger partial charge in [-0.2, -0.15) is 0 Å². The fourth-order valence-corrected chi connectivity index (χ4v) is 4.52. The van der Waals surface area contributed by atoms with Crippen molar-refractivity contribution >= 4 is 0 Å². The van der Waals surface area contributed by atoms with Crippen LogP contribution in [0.15, 0.2) is 0 Å². The van der Waals surface area contributed by atoms with Crippen LogP contribution >= 0.6 is 0 Å². The largest absolute Gasteiger partial charge is 0.0533 e. The molecule has 2 saturated carbocycles. The van der Waals surface area contributed by atoms with Crippen LogP contribution in [0.25, 0.3) is 0 Å². The Morgan fingerprint density at radius 3 is 1.15 bits per heavy atom. The maximum atomic E-state index is 1.54. The molecule has 0 aromatic carbocycles. The van der Waals surface area contributed by atoms with Crippen LogP contribution in [0.3, 0.4) is 0 Å². The van der Waals surface area contributed by atoms with Crippen LogP contribution < -0.4 is 0 Å². The van der Waals surface area contributed by atoms with E-state index in [0.717, 1.165) is 11.8 Å². The van der Waals surface area contributed by atoms with Crippen LogP contribution in [0.4, 0.5) is 0 Å². The second kappa shape index (κ2) is 10.7. The second-order valence-electron chi connectivity index (χ2n) is 7.71. The first-order valence-corrected chi connectivity index (χ1v) is 9.95. The molecule has 0 saturated heterocycles. The SMILES string of the molecule is C(CCCCC1CCCCC1)CCCC1CCCCC1. The third kappa shape index (κ3) is 7.14. The number of unbranched alkanes of at least 4 members (excludes halogenated alkanes) is 5. The molecule has 2 aliphatic rings. The van der Waals surface area contributed by atoms with Crippen molar-refractivity contribution in [2.24, 2.45) is 11.8 Å². The molecule has 0 aromatic heterocycles. The molecule has 0 radical (unpaired) electrons. The van der Waals surface area contributed by atoms with Crippen molar-refractivity contribution in [2.45, 2.75) is 116 Å². The lowest BCUT2D eigenvalue weighted by Gasteiger charge is -2.21. The Labute approximate surface area is 128 Å². The van der Waals surface area contributed by atoms with Crippen LogP contribution in [-0.2, 0) is 0 Å². The lowest BCUT2D eigenvalue weighted by atomic mass is 9.85. The van der Waals surface area contributed by atoms with Gasteiger partial charge in [0, 0.05) is 0 Å². The van der Waals surface area contributed by atoms with E-state index in [1.165, 1.54) is 77.0 Å². The van der Waals surface area contributed by atoms with Gasteiger partial charge in [-0.1, -0.05) is 116 Å². The van der Waals surface area contributed by atoms with Gasteiger partial charge in [0.05, 0.1) is 0 Å². The van der Waals surface area contributed by atoms with Gasteiger partial charge in [-0.15, -0.1) is 0 Å². The summed E-state index contributed by atoms with van der Waals surface area (Å²) in [5.74, 6) is 2.21. The van der Waals surface area contributed by atoms with Gasteiger partial charge >= 0.3 is 0 Å². The molecule has 118 valence electrons.